The predicted molar refractivity (Wildman–Crippen MR) is 111 cm³/mol. The first kappa shape index (κ1) is 21.3. The van der Waals surface area contributed by atoms with Crippen LogP contribution in [0, 0.1) is 5.92 Å². The lowest BCUT2D eigenvalue weighted by Gasteiger charge is -2.31. The number of rotatable bonds is 6. The van der Waals surface area contributed by atoms with Crippen LogP contribution in [-0.4, -0.2) is 44.2 Å². The minimum Gasteiger partial charge on any atom is -0.347 e. The van der Waals surface area contributed by atoms with E-state index in [2.05, 4.69) is 10.6 Å². The van der Waals surface area contributed by atoms with Crippen molar-refractivity contribution in [3.05, 3.63) is 59.6 Å². The average molecular weight is 436 g/mol. The topological polar surface area (TPSA) is 95.6 Å². The van der Waals surface area contributed by atoms with Crippen LogP contribution in [0.4, 0.5) is 5.69 Å². The van der Waals surface area contributed by atoms with E-state index in [-0.39, 0.29) is 29.8 Å². The van der Waals surface area contributed by atoms with Crippen molar-refractivity contribution < 1.29 is 18.0 Å². The summed E-state index contributed by atoms with van der Waals surface area (Å²) in [5.74, 6) is -1.22. The number of piperidine rings is 1. The second-order valence-corrected chi connectivity index (χ2v) is 9.17. The van der Waals surface area contributed by atoms with E-state index in [1.807, 2.05) is 0 Å². The van der Waals surface area contributed by atoms with Crippen LogP contribution in [0.1, 0.15) is 12.8 Å². The summed E-state index contributed by atoms with van der Waals surface area (Å²) >= 11 is 5.88. The summed E-state index contributed by atoms with van der Waals surface area (Å²) in [7, 11) is -3.64. The van der Waals surface area contributed by atoms with Crippen LogP contribution in [0.5, 0.6) is 0 Å². The molecule has 7 nitrogen and oxygen atoms in total. The number of hydrogen-bond donors (Lipinski definition) is 2. The first-order chi connectivity index (χ1) is 13.9. The molecule has 0 bridgehead atoms. The Morgan fingerprint density at radius 1 is 1.10 bits per heavy atom. The van der Waals surface area contributed by atoms with Gasteiger partial charge in [-0.1, -0.05) is 35.9 Å². The van der Waals surface area contributed by atoms with Crippen LogP contribution in [0.25, 0.3) is 0 Å². The molecule has 0 unspecified atom stereocenters. The van der Waals surface area contributed by atoms with Gasteiger partial charge in [0.05, 0.1) is 17.4 Å². The fraction of sp³-hybridized carbons (Fsp3) is 0.300. The van der Waals surface area contributed by atoms with E-state index in [1.165, 1.54) is 4.31 Å². The maximum Gasteiger partial charge on any atom is 0.243 e. The number of hydrogen-bond acceptors (Lipinski definition) is 4. The first-order valence-electron chi connectivity index (χ1n) is 9.24. The molecule has 1 fully saturated rings. The van der Waals surface area contributed by atoms with Crippen molar-refractivity contribution in [2.75, 3.05) is 25.0 Å². The predicted octanol–water partition coefficient (Wildman–Crippen LogP) is 2.50. The second kappa shape index (κ2) is 9.39. The molecule has 154 valence electrons. The van der Waals surface area contributed by atoms with E-state index in [9.17, 15) is 18.0 Å². The van der Waals surface area contributed by atoms with E-state index in [0.717, 1.165) is 0 Å². The van der Waals surface area contributed by atoms with Gasteiger partial charge in [0.15, 0.2) is 0 Å². The zero-order valence-corrected chi connectivity index (χ0v) is 17.2. The first-order valence-corrected chi connectivity index (χ1v) is 11.1. The monoisotopic (exact) mass is 435 g/mol. The Kier molecular flexibility index (Phi) is 6.89. The van der Waals surface area contributed by atoms with Crippen molar-refractivity contribution in [2.24, 2.45) is 5.92 Å². The summed E-state index contributed by atoms with van der Waals surface area (Å²) in [5.41, 5.74) is 0.537. The number of benzene rings is 2. The third kappa shape index (κ3) is 5.56. The zero-order chi connectivity index (χ0) is 20.9. The van der Waals surface area contributed by atoms with Gasteiger partial charge in [0, 0.05) is 23.8 Å². The second-order valence-electron chi connectivity index (χ2n) is 6.79. The van der Waals surface area contributed by atoms with Crippen LogP contribution in [0.3, 0.4) is 0 Å². The van der Waals surface area contributed by atoms with E-state index in [0.29, 0.717) is 30.1 Å². The number of sulfonamides is 1. The Labute approximate surface area is 175 Å². The number of anilines is 1. The molecule has 0 aromatic heterocycles. The van der Waals surface area contributed by atoms with E-state index in [1.54, 1.807) is 54.6 Å². The lowest BCUT2D eigenvalue weighted by Crippen LogP contribution is -2.46. The van der Waals surface area contributed by atoms with Gasteiger partial charge < -0.3 is 10.6 Å². The molecule has 1 heterocycles. The molecule has 0 spiro atoms. The number of halogens is 1. The Bertz CT molecular complexity index is 982. The lowest BCUT2D eigenvalue weighted by atomic mass is 9.99. The number of amides is 2. The molecule has 1 atom stereocenters. The molecule has 2 aromatic carbocycles. The molecule has 1 aliphatic rings. The SMILES string of the molecule is O=C(CNC(=O)[C@@H]1CCCN(S(=O)(=O)c2ccccc2)C1)Nc1cccc(Cl)c1. The minimum absolute atomic E-state index is 0.0962. The highest BCUT2D eigenvalue weighted by molar-refractivity contribution is 7.89. The molecule has 3 rings (SSSR count). The molecule has 0 radical (unpaired) electrons. The molecule has 9 heteroatoms. The lowest BCUT2D eigenvalue weighted by molar-refractivity contribution is -0.128. The molecule has 29 heavy (non-hydrogen) atoms. The summed E-state index contributed by atoms with van der Waals surface area (Å²) in [6, 6.07) is 14.9. The van der Waals surface area contributed by atoms with Crippen LogP contribution < -0.4 is 10.6 Å². The summed E-state index contributed by atoms with van der Waals surface area (Å²) in [4.78, 5) is 24.7. The number of nitrogens with zero attached hydrogens (tertiary/aromatic N) is 1. The fourth-order valence-electron chi connectivity index (χ4n) is 3.20. The summed E-state index contributed by atoms with van der Waals surface area (Å²) < 4.78 is 26.9. The molecule has 2 aromatic rings. The van der Waals surface area contributed by atoms with E-state index >= 15 is 0 Å². The highest BCUT2D eigenvalue weighted by Crippen LogP contribution is 2.23. The Morgan fingerprint density at radius 3 is 2.59 bits per heavy atom. The number of nitrogens with one attached hydrogen (secondary N) is 2. The third-order valence-electron chi connectivity index (χ3n) is 4.67. The Balaban J connectivity index is 1.55. The van der Waals surface area contributed by atoms with Crippen LogP contribution in [-0.2, 0) is 19.6 Å². The third-order valence-corrected chi connectivity index (χ3v) is 6.78. The molecular formula is C20H22ClN3O4S. The van der Waals surface area contributed by atoms with Gasteiger partial charge in [-0.05, 0) is 43.2 Å². The largest absolute Gasteiger partial charge is 0.347 e. The average Bonchev–Trinajstić information content (AvgIpc) is 2.73. The normalized spacial score (nSPS) is 17.5. The van der Waals surface area contributed by atoms with Crippen molar-refractivity contribution in [1.82, 2.24) is 9.62 Å². The Hall–Kier alpha value is -2.42. The molecule has 2 amide bonds. The number of carbonyl (C=O) groups excluding carboxylic acids is 2. The highest BCUT2D eigenvalue weighted by atomic mass is 35.5. The van der Waals surface area contributed by atoms with Crippen molar-refractivity contribution in [2.45, 2.75) is 17.7 Å². The van der Waals surface area contributed by atoms with Crippen molar-refractivity contribution in [3.8, 4) is 0 Å². The standard InChI is InChI=1S/C20H22ClN3O4S/c21-16-7-4-8-17(12-16)23-19(25)13-22-20(26)15-6-5-11-24(14-15)29(27,28)18-9-2-1-3-10-18/h1-4,7-10,12,15H,5-6,11,13-14H2,(H,22,26)(H,23,25)/t15-/m1/s1. The van der Waals surface area contributed by atoms with Gasteiger partial charge in [0.1, 0.15) is 0 Å². The van der Waals surface area contributed by atoms with Gasteiger partial charge in [-0.25, -0.2) is 8.42 Å². The van der Waals surface area contributed by atoms with Gasteiger partial charge in [-0.15, -0.1) is 0 Å². The van der Waals surface area contributed by atoms with E-state index < -0.39 is 15.9 Å². The van der Waals surface area contributed by atoms with Gasteiger partial charge >= 0.3 is 0 Å². The summed E-state index contributed by atoms with van der Waals surface area (Å²) in [5, 5.41) is 5.74. The molecule has 0 saturated carbocycles. The van der Waals surface area contributed by atoms with E-state index in [4.69, 9.17) is 11.6 Å². The van der Waals surface area contributed by atoms with Crippen LogP contribution >= 0.6 is 11.6 Å². The zero-order valence-electron chi connectivity index (χ0n) is 15.7. The quantitative estimate of drug-likeness (QED) is 0.728. The van der Waals surface area contributed by atoms with Gasteiger partial charge in [0.25, 0.3) is 0 Å². The molecule has 1 aliphatic heterocycles. The van der Waals surface area contributed by atoms with Crippen molar-refractivity contribution >= 4 is 39.1 Å². The summed E-state index contributed by atoms with van der Waals surface area (Å²) in [6.45, 7) is 0.266. The molecule has 0 aliphatic carbocycles. The summed E-state index contributed by atoms with van der Waals surface area (Å²) in [6.07, 6.45) is 1.15. The maximum atomic E-state index is 12.8. The van der Waals surface area contributed by atoms with Crippen molar-refractivity contribution in [3.63, 3.8) is 0 Å². The smallest absolute Gasteiger partial charge is 0.243 e. The Morgan fingerprint density at radius 2 is 1.86 bits per heavy atom. The van der Waals surface area contributed by atoms with Crippen LogP contribution in [0.15, 0.2) is 59.5 Å². The molecule has 1 saturated heterocycles. The highest BCUT2D eigenvalue weighted by Gasteiger charge is 2.33. The molecular weight excluding hydrogens is 414 g/mol. The van der Waals surface area contributed by atoms with Gasteiger partial charge in [-0.2, -0.15) is 4.31 Å². The minimum atomic E-state index is -3.64. The van der Waals surface area contributed by atoms with Crippen LogP contribution in [0.2, 0.25) is 5.02 Å². The number of carbonyl (C=O) groups is 2. The maximum absolute atomic E-state index is 12.8. The van der Waals surface area contributed by atoms with Gasteiger partial charge in [-0.3, -0.25) is 9.59 Å². The fourth-order valence-corrected chi connectivity index (χ4v) is 4.93. The molecule has 2 N–H and O–H groups in total. The van der Waals surface area contributed by atoms with Crippen molar-refractivity contribution in [1.29, 1.82) is 0 Å². The van der Waals surface area contributed by atoms with Gasteiger partial charge in [0.2, 0.25) is 21.8 Å².